The zero-order chi connectivity index (χ0) is 10.7. The fraction of sp³-hybridized carbons (Fsp3) is 0.909. The van der Waals surface area contributed by atoms with Gasteiger partial charge in [-0.3, -0.25) is 4.79 Å². The summed E-state index contributed by atoms with van der Waals surface area (Å²) in [7, 11) is 0. The van der Waals surface area contributed by atoms with Crippen LogP contribution in [0.3, 0.4) is 0 Å². The molecule has 1 aliphatic heterocycles. The second-order valence-corrected chi connectivity index (χ2v) is 4.59. The third-order valence-corrected chi connectivity index (χ3v) is 3.17. The molecule has 0 atom stereocenters. The van der Waals surface area contributed by atoms with E-state index in [0.29, 0.717) is 12.5 Å². The van der Waals surface area contributed by atoms with E-state index in [1.165, 1.54) is 12.8 Å². The number of aliphatic hydroxyl groups is 1. The minimum Gasteiger partial charge on any atom is -0.393 e. The largest absolute Gasteiger partial charge is 0.393 e. The number of rotatable bonds is 4. The van der Waals surface area contributed by atoms with Crippen LogP contribution in [0.25, 0.3) is 0 Å². The van der Waals surface area contributed by atoms with Gasteiger partial charge >= 0.3 is 0 Å². The van der Waals surface area contributed by atoms with E-state index in [0.717, 1.165) is 32.5 Å². The summed E-state index contributed by atoms with van der Waals surface area (Å²) in [5, 5.41) is 12.7. The number of nitrogens with zero attached hydrogens (tertiary/aromatic N) is 1. The number of amides is 1. The molecule has 86 valence electrons. The summed E-state index contributed by atoms with van der Waals surface area (Å²) in [5.74, 6) is 0.232. The van der Waals surface area contributed by atoms with Gasteiger partial charge in [0, 0.05) is 32.1 Å². The van der Waals surface area contributed by atoms with Crippen LogP contribution >= 0.6 is 0 Å². The number of carbonyl (C=O) groups excluding carboxylic acids is 1. The Balaban J connectivity index is 1.61. The quantitative estimate of drug-likeness (QED) is 0.695. The first-order valence-corrected chi connectivity index (χ1v) is 5.95. The van der Waals surface area contributed by atoms with Crippen molar-refractivity contribution >= 4 is 5.91 Å². The summed E-state index contributed by atoms with van der Waals surface area (Å²) in [4.78, 5) is 13.6. The molecule has 1 saturated heterocycles. The Hall–Kier alpha value is -0.610. The van der Waals surface area contributed by atoms with E-state index in [4.69, 9.17) is 0 Å². The van der Waals surface area contributed by atoms with Crippen molar-refractivity contribution in [3.05, 3.63) is 0 Å². The highest BCUT2D eigenvalue weighted by Crippen LogP contribution is 2.18. The van der Waals surface area contributed by atoms with Crippen molar-refractivity contribution < 1.29 is 9.90 Å². The van der Waals surface area contributed by atoms with Crippen LogP contribution in [0.15, 0.2) is 0 Å². The zero-order valence-corrected chi connectivity index (χ0v) is 9.11. The van der Waals surface area contributed by atoms with Crippen LogP contribution in [0.2, 0.25) is 0 Å². The molecule has 1 amide bonds. The average Bonchev–Trinajstić information content (AvgIpc) is 3.02. The zero-order valence-electron chi connectivity index (χ0n) is 9.11. The summed E-state index contributed by atoms with van der Waals surface area (Å²) in [5.41, 5.74) is 0. The molecule has 0 bridgehead atoms. The smallest absolute Gasteiger partial charge is 0.223 e. The molecule has 0 spiro atoms. The van der Waals surface area contributed by atoms with Crippen molar-refractivity contribution in [2.75, 3.05) is 19.6 Å². The molecule has 2 rings (SSSR count). The van der Waals surface area contributed by atoms with E-state index in [-0.39, 0.29) is 12.0 Å². The van der Waals surface area contributed by atoms with Crippen LogP contribution in [0, 0.1) is 0 Å². The van der Waals surface area contributed by atoms with Crippen LogP contribution in [-0.4, -0.2) is 47.7 Å². The molecule has 1 heterocycles. The molecule has 1 aliphatic carbocycles. The van der Waals surface area contributed by atoms with Crippen LogP contribution in [0.1, 0.15) is 32.1 Å². The minimum atomic E-state index is -0.196. The predicted molar refractivity (Wildman–Crippen MR) is 57.5 cm³/mol. The first-order valence-electron chi connectivity index (χ1n) is 5.95. The normalized spacial score (nSPS) is 23.1. The molecule has 0 radical (unpaired) electrons. The highest BCUT2D eigenvalue weighted by atomic mass is 16.3. The highest BCUT2D eigenvalue weighted by molar-refractivity contribution is 5.76. The summed E-state index contributed by atoms with van der Waals surface area (Å²) in [6, 6.07) is 0.681. The summed E-state index contributed by atoms with van der Waals surface area (Å²) in [6.45, 7) is 2.26. The maximum absolute atomic E-state index is 11.7. The Morgan fingerprint density at radius 2 is 1.93 bits per heavy atom. The number of hydrogen-bond donors (Lipinski definition) is 2. The summed E-state index contributed by atoms with van der Waals surface area (Å²) in [6.07, 6.45) is 4.42. The molecule has 2 aliphatic rings. The lowest BCUT2D eigenvalue weighted by atomic mass is 10.1. The topological polar surface area (TPSA) is 52.6 Å². The van der Waals surface area contributed by atoms with Crippen LogP contribution in [0.4, 0.5) is 0 Å². The van der Waals surface area contributed by atoms with Crippen molar-refractivity contribution in [3.8, 4) is 0 Å². The van der Waals surface area contributed by atoms with Gasteiger partial charge in [-0.2, -0.15) is 0 Å². The van der Waals surface area contributed by atoms with Gasteiger partial charge in [-0.15, -0.1) is 0 Å². The van der Waals surface area contributed by atoms with Gasteiger partial charge in [0.1, 0.15) is 0 Å². The summed E-state index contributed by atoms with van der Waals surface area (Å²) < 4.78 is 0. The van der Waals surface area contributed by atoms with Crippen LogP contribution in [0.5, 0.6) is 0 Å². The molecule has 4 nitrogen and oxygen atoms in total. The van der Waals surface area contributed by atoms with Gasteiger partial charge < -0.3 is 15.3 Å². The number of nitrogens with one attached hydrogen (secondary N) is 1. The minimum absolute atomic E-state index is 0.196. The molecule has 15 heavy (non-hydrogen) atoms. The Morgan fingerprint density at radius 3 is 2.53 bits per heavy atom. The lowest BCUT2D eigenvalue weighted by Crippen LogP contribution is -2.41. The van der Waals surface area contributed by atoms with Crippen LogP contribution in [-0.2, 0) is 4.79 Å². The number of piperidine rings is 1. The molecule has 4 heteroatoms. The SMILES string of the molecule is O=C(CCNC1CC1)N1CCC(O)CC1. The van der Waals surface area contributed by atoms with Crippen molar-refractivity contribution in [1.82, 2.24) is 10.2 Å². The van der Waals surface area contributed by atoms with E-state index in [2.05, 4.69) is 5.32 Å². The lowest BCUT2D eigenvalue weighted by molar-refractivity contribution is -0.133. The van der Waals surface area contributed by atoms with Gasteiger partial charge in [0.15, 0.2) is 0 Å². The Morgan fingerprint density at radius 1 is 1.27 bits per heavy atom. The maximum atomic E-state index is 11.7. The molecule has 1 saturated carbocycles. The van der Waals surface area contributed by atoms with Gasteiger partial charge in [-0.05, 0) is 25.7 Å². The van der Waals surface area contributed by atoms with Crippen molar-refractivity contribution in [2.45, 2.75) is 44.2 Å². The van der Waals surface area contributed by atoms with Gasteiger partial charge in [0.2, 0.25) is 5.91 Å². The van der Waals surface area contributed by atoms with Crippen molar-refractivity contribution in [1.29, 1.82) is 0 Å². The molecule has 0 aromatic rings. The third kappa shape index (κ3) is 3.47. The Labute approximate surface area is 90.6 Å². The second kappa shape index (κ2) is 4.94. The molecule has 0 aromatic heterocycles. The monoisotopic (exact) mass is 212 g/mol. The van der Waals surface area contributed by atoms with E-state index >= 15 is 0 Å². The molecular weight excluding hydrogens is 192 g/mol. The molecule has 2 N–H and O–H groups in total. The van der Waals surface area contributed by atoms with Gasteiger partial charge in [-0.1, -0.05) is 0 Å². The molecule has 0 unspecified atom stereocenters. The van der Waals surface area contributed by atoms with E-state index in [9.17, 15) is 9.90 Å². The fourth-order valence-corrected chi connectivity index (χ4v) is 1.94. The highest BCUT2D eigenvalue weighted by Gasteiger charge is 2.23. The number of hydrogen-bond acceptors (Lipinski definition) is 3. The van der Waals surface area contributed by atoms with Gasteiger partial charge in [0.25, 0.3) is 0 Å². The molecule has 0 aromatic carbocycles. The first-order chi connectivity index (χ1) is 7.25. The number of likely N-dealkylation sites (tertiary alicyclic amines) is 1. The lowest BCUT2D eigenvalue weighted by Gasteiger charge is -2.29. The predicted octanol–water partition coefficient (Wildman–Crippen LogP) is 0.112. The standard InChI is InChI=1S/C11H20N2O2/c14-10-4-7-13(8-5-10)11(15)3-6-12-9-1-2-9/h9-10,12,14H,1-8H2. The maximum Gasteiger partial charge on any atom is 0.223 e. The van der Waals surface area contributed by atoms with Gasteiger partial charge in [-0.25, -0.2) is 0 Å². The Kier molecular flexibility index (Phi) is 3.59. The first kappa shape index (κ1) is 10.9. The van der Waals surface area contributed by atoms with E-state index in [1.54, 1.807) is 0 Å². The fourth-order valence-electron chi connectivity index (χ4n) is 1.94. The number of carbonyl (C=O) groups is 1. The third-order valence-electron chi connectivity index (χ3n) is 3.17. The number of aliphatic hydroxyl groups excluding tert-OH is 1. The second-order valence-electron chi connectivity index (χ2n) is 4.59. The van der Waals surface area contributed by atoms with E-state index in [1.807, 2.05) is 4.90 Å². The van der Waals surface area contributed by atoms with Crippen LogP contribution < -0.4 is 5.32 Å². The van der Waals surface area contributed by atoms with Crippen molar-refractivity contribution in [2.24, 2.45) is 0 Å². The molecular formula is C11H20N2O2. The molecule has 2 fully saturated rings. The Bertz CT molecular complexity index is 221. The average molecular weight is 212 g/mol. The van der Waals surface area contributed by atoms with Gasteiger partial charge in [0.05, 0.1) is 6.10 Å². The van der Waals surface area contributed by atoms with E-state index < -0.39 is 0 Å². The summed E-state index contributed by atoms with van der Waals surface area (Å²) >= 11 is 0. The van der Waals surface area contributed by atoms with Crippen molar-refractivity contribution in [3.63, 3.8) is 0 Å².